The predicted molar refractivity (Wildman–Crippen MR) is 80.6 cm³/mol. The molecule has 4 heteroatoms. The summed E-state index contributed by atoms with van der Waals surface area (Å²) in [6.07, 6.45) is 2.86. The average molecular weight is 301 g/mol. The first-order valence-electron chi connectivity index (χ1n) is 7.37. The van der Waals surface area contributed by atoms with Crippen LogP contribution in [0.2, 0.25) is 0 Å². The summed E-state index contributed by atoms with van der Waals surface area (Å²) in [5.41, 5.74) is 2.41. The summed E-state index contributed by atoms with van der Waals surface area (Å²) < 4.78 is 26.6. The lowest BCUT2D eigenvalue weighted by atomic mass is 9.87. The van der Waals surface area contributed by atoms with E-state index in [-0.39, 0.29) is 17.5 Å². The molecule has 0 aliphatic heterocycles. The molecule has 2 nitrogen and oxygen atoms in total. The van der Waals surface area contributed by atoms with Crippen molar-refractivity contribution in [2.45, 2.75) is 25.3 Å². The Kier molecular flexibility index (Phi) is 3.92. The smallest absolute Gasteiger partial charge is 0.254 e. The molecular formula is C18H17F2NO. The van der Waals surface area contributed by atoms with Gasteiger partial charge in [0.25, 0.3) is 5.91 Å². The van der Waals surface area contributed by atoms with Crippen LogP contribution >= 0.6 is 0 Å². The van der Waals surface area contributed by atoms with E-state index in [2.05, 4.69) is 6.07 Å². The fourth-order valence-electron chi connectivity index (χ4n) is 3.15. The molecule has 114 valence electrons. The molecule has 0 aromatic heterocycles. The van der Waals surface area contributed by atoms with Crippen molar-refractivity contribution in [2.75, 3.05) is 7.05 Å². The molecule has 1 aliphatic rings. The van der Waals surface area contributed by atoms with E-state index in [1.165, 1.54) is 5.56 Å². The Morgan fingerprint density at radius 2 is 1.82 bits per heavy atom. The summed E-state index contributed by atoms with van der Waals surface area (Å²) in [5, 5.41) is 0. The van der Waals surface area contributed by atoms with Crippen LogP contribution in [-0.2, 0) is 6.42 Å². The highest BCUT2D eigenvalue weighted by Gasteiger charge is 2.27. The molecule has 1 unspecified atom stereocenters. The van der Waals surface area contributed by atoms with E-state index in [0.717, 1.165) is 43.0 Å². The van der Waals surface area contributed by atoms with Crippen LogP contribution in [0, 0.1) is 11.6 Å². The van der Waals surface area contributed by atoms with Crippen LogP contribution < -0.4 is 0 Å². The number of nitrogens with zero attached hydrogens (tertiary/aromatic N) is 1. The van der Waals surface area contributed by atoms with Crippen LogP contribution in [0.15, 0.2) is 42.5 Å². The van der Waals surface area contributed by atoms with Crippen LogP contribution in [0.1, 0.15) is 40.4 Å². The van der Waals surface area contributed by atoms with Gasteiger partial charge in [-0.15, -0.1) is 0 Å². The minimum Gasteiger partial charge on any atom is -0.335 e. The summed E-state index contributed by atoms with van der Waals surface area (Å²) in [6, 6.07) is 10.9. The van der Waals surface area contributed by atoms with E-state index < -0.39 is 11.6 Å². The lowest BCUT2D eigenvalue weighted by Crippen LogP contribution is -2.33. The van der Waals surface area contributed by atoms with E-state index in [1.54, 1.807) is 11.9 Å². The van der Waals surface area contributed by atoms with Gasteiger partial charge in [-0.3, -0.25) is 4.79 Å². The number of hydrogen-bond donors (Lipinski definition) is 0. The normalized spacial score (nSPS) is 17.0. The summed E-state index contributed by atoms with van der Waals surface area (Å²) in [6.45, 7) is 0. The van der Waals surface area contributed by atoms with Gasteiger partial charge in [0.2, 0.25) is 0 Å². The van der Waals surface area contributed by atoms with Gasteiger partial charge in [0.1, 0.15) is 11.6 Å². The highest BCUT2D eigenvalue weighted by atomic mass is 19.1. The van der Waals surface area contributed by atoms with Gasteiger partial charge < -0.3 is 4.90 Å². The van der Waals surface area contributed by atoms with Gasteiger partial charge in [-0.1, -0.05) is 24.3 Å². The molecule has 1 amide bonds. The molecule has 0 spiro atoms. The number of carbonyl (C=O) groups excluding carboxylic acids is 1. The van der Waals surface area contributed by atoms with E-state index in [9.17, 15) is 13.6 Å². The third kappa shape index (κ3) is 2.73. The number of aryl methyl sites for hydroxylation is 1. The Morgan fingerprint density at radius 1 is 1.14 bits per heavy atom. The number of rotatable bonds is 2. The van der Waals surface area contributed by atoms with E-state index >= 15 is 0 Å². The predicted octanol–water partition coefficient (Wildman–Crippen LogP) is 4.11. The van der Waals surface area contributed by atoms with Crippen molar-refractivity contribution in [3.05, 3.63) is 70.8 Å². The Hall–Kier alpha value is -2.23. The Bertz CT molecular complexity index is 694. The molecule has 0 radical (unpaired) electrons. The number of amides is 1. The molecule has 3 rings (SSSR count). The maximum Gasteiger partial charge on any atom is 0.254 e. The van der Waals surface area contributed by atoms with E-state index in [1.807, 2.05) is 18.2 Å². The Balaban J connectivity index is 1.91. The molecule has 0 fully saturated rings. The zero-order chi connectivity index (χ0) is 15.7. The number of carbonyl (C=O) groups is 1. The van der Waals surface area contributed by atoms with Crippen LogP contribution in [-0.4, -0.2) is 17.9 Å². The Labute approximate surface area is 128 Å². The number of halogens is 2. The van der Waals surface area contributed by atoms with E-state index in [4.69, 9.17) is 0 Å². The van der Waals surface area contributed by atoms with Crippen molar-refractivity contribution in [3.8, 4) is 0 Å². The monoisotopic (exact) mass is 301 g/mol. The number of hydrogen-bond acceptors (Lipinski definition) is 1. The summed E-state index contributed by atoms with van der Waals surface area (Å²) >= 11 is 0. The van der Waals surface area contributed by atoms with Crippen LogP contribution in [0.5, 0.6) is 0 Å². The van der Waals surface area contributed by atoms with Gasteiger partial charge in [0, 0.05) is 18.7 Å². The topological polar surface area (TPSA) is 20.3 Å². The molecule has 0 N–H and O–H groups in total. The molecule has 0 saturated heterocycles. The van der Waals surface area contributed by atoms with Crippen molar-refractivity contribution < 1.29 is 13.6 Å². The van der Waals surface area contributed by atoms with Crippen LogP contribution in [0.3, 0.4) is 0 Å². The van der Waals surface area contributed by atoms with Crippen molar-refractivity contribution in [1.82, 2.24) is 4.90 Å². The standard InChI is InChI=1S/C18H17F2NO/c1-21(18(22)13-9-14(19)11-15(20)10-13)17-8-4-6-12-5-2-3-7-16(12)17/h2-3,5,7,9-11,17H,4,6,8H2,1H3. The van der Waals surface area contributed by atoms with Gasteiger partial charge in [-0.2, -0.15) is 0 Å². The van der Waals surface area contributed by atoms with Gasteiger partial charge >= 0.3 is 0 Å². The molecule has 0 heterocycles. The Morgan fingerprint density at radius 3 is 2.55 bits per heavy atom. The van der Waals surface area contributed by atoms with Crippen molar-refractivity contribution in [3.63, 3.8) is 0 Å². The maximum atomic E-state index is 13.3. The maximum absolute atomic E-state index is 13.3. The lowest BCUT2D eigenvalue weighted by Gasteiger charge is -2.33. The first-order chi connectivity index (χ1) is 10.6. The quantitative estimate of drug-likeness (QED) is 0.817. The lowest BCUT2D eigenvalue weighted by molar-refractivity contribution is 0.0714. The molecule has 22 heavy (non-hydrogen) atoms. The second-order valence-electron chi connectivity index (χ2n) is 5.68. The second-order valence-corrected chi connectivity index (χ2v) is 5.68. The molecule has 0 saturated carbocycles. The van der Waals surface area contributed by atoms with Gasteiger partial charge in [-0.05, 0) is 42.5 Å². The van der Waals surface area contributed by atoms with Crippen LogP contribution in [0.25, 0.3) is 0 Å². The largest absolute Gasteiger partial charge is 0.335 e. The highest BCUT2D eigenvalue weighted by Crippen LogP contribution is 2.34. The molecular weight excluding hydrogens is 284 g/mol. The summed E-state index contributed by atoms with van der Waals surface area (Å²) in [5.74, 6) is -1.83. The first-order valence-corrected chi connectivity index (χ1v) is 7.37. The third-order valence-electron chi connectivity index (χ3n) is 4.24. The molecule has 0 bridgehead atoms. The second kappa shape index (κ2) is 5.87. The zero-order valence-corrected chi connectivity index (χ0v) is 12.4. The van der Waals surface area contributed by atoms with Crippen LogP contribution in [0.4, 0.5) is 8.78 Å². The molecule has 1 aliphatic carbocycles. The SMILES string of the molecule is CN(C(=O)c1cc(F)cc(F)c1)C1CCCc2ccccc21. The first kappa shape index (κ1) is 14.7. The fourth-order valence-corrected chi connectivity index (χ4v) is 3.15. The highest BCUT2D eigenvalue weighted by molar-refractivity contribution is 5.94. The average Bonchev–Trinajstić information content (AvgIpc) is 2.52. The van der Waals surface area contributed by atoms with E-state index in [0.29, 0.717) is 0 Å². The zero-order valence-electron chi connectivity index (χ0n) is 12.4. The molecule has 2 aromatic rings. The minimum atomic E-state index is -0.735. The van der Waals surface area contributed by atoms with Crippen molar-refractivity contribution >= 4 is 5.91 Å². The van der Waals surface area contributed by atoms with Gasteiger partial charge in [-0.25, -0.2) is 8.78 Å². The van der Waals surface area contributed by atoms with Gasteiger partial charge in [0.05, 0.1) is 6.04 Å². The van der Waals surface area contributed by atoms with Crippen molar-refractivity contribution in [1.29, 1.82) is 0 Å². The number of fused-ring (bicyclic) bond motifs is 1. The molecule has 1 atom stereocenters. The third-order valence-corrected chi connectivity index (χ3v) is 4.24. The summed E-state index contributed by atoms with van der Waals surface area (Å²) in [7, 11) is 1.69. The number of benzene rings is 2. The summed E-state index contributed by atoms with van der Waals surface area (Å²) in [4.78, 5) is 14.1. The molecule has 2 aromatic carbocycles. The minimum absolute atomic E-state index is 0.0445. The fraction of sp³-hybridized carbons (Fsp3) is 0.278. The van der Waals surface area contributed by atoms with Crippen molar-refractivity contribution in [2.24, 2.45) is 0 Å². The van der Waals surface area contributed by atoms with Gasteiger partial charge in [0.15, 0.2) is 0 Å².